The summed E-state index contributed by atoms with van der Waals surface area (Å²) in [6.07, 6.45) is 3.65. The molecule has 4 rings (SSSR count). The van der Waals surface area contributed by atoms with Crippen LogP contribution in [0.15, 0.2) is 53.4 Å². The predicted molar refractivity (Wildman–Crippen MR) is 99.2 cm³/mol. The summed E-state index contributed by atoms with van der Waals surface area (Å²) < 4.78 is 35.9. The molecule has 0 saturated carbocycles. The normalized spacial score (nSPS) is 24.8. The molecule has 3 atom stereocenters. The molecule has 5 nitrogen and oxygen atoms in total. The van der Waals surface area contributed by atoms with Gasteiger partial charge in [-0.2, -0.15) is 0 Å². The van der Waals surface area contributed by atoms with Crippen LogP contribution < -0.4 is 5.14 Å². The molecule has 0 unspecified atom stereocenters. The summed E-state index contributed by atoms with van der Waals surface area (Å²) >= 11 is 0. The summed E-state index contributed by atoms with van der Waals surface area (Å²) in [5, 5.41) is 5.11. The Bertz CT molecular complexity index is 944. The number of carbonyl (C=O) groups is 1. The number of carbonyl (C=O) groups excluding carboxylic acids is 1. The molecular formula is C20H21FN2O3S. The Balaban J connectivity index is 1.52. The van der Waals surface area contributed by atoms with Gasteiger partial charge in [-0.1, -0.05) is 12.1 Å². The fourth-order valence-electron chi connectivity index (χ4n) is 4.45. The van der Waals surface area contributed by atoms with E-state index in [0.717, 1.165) is 31.2 Å². The van der Waals surface area contributed by atoms with Crippen LogP contribution in [0.1, 0.15) is 47.5 Å². The zero-order chi connectivity index (χ0) is 19.2. The van der Waals surface area contributed by atoms with E-state index in [2.05, 4.69) is 0 Å². The lowest BCUT2D eigenvalue weighted by molar-refractivity contribution is 0.0571. The minimum absolute atomic E-state index is 0.00274. The van der Waals surface area contributed by atoms with Gasteiger partial charge < -0.3 is 4.90 Å². The molecule has 2 N–H and O–H groups in total. The van der Waals surface area contributed by atoms with Crippen molar-refractivity contribution in [1.82, 2.24) is 4.90 Å². The SMILES string of the molecule is NS(=O)(=O)c1ccc(C(=O)N2[C@@H]3CC[C@H]2C[C@@H](c2ccc(F)cc2)C3)cc1. The van der Waals surface area contributed by atoms with E-state index < -0.39 is 10.0 Å². The minimum Gasteiger partial charge on any atom is -0.333 e. The topological polar surface area (TPSA) is 80.5 Å². The number of hydrogen-bond donors (Lipinski definition) is 1. The van der Waals surface area contributed by atoms with Crippen molar-refractivity contribution in [2.75, 3.05) is 0 Å². The molecule has 0 aromatic heterocycles. The number of benzene rings is 2. The first-order valence-electron chi connectivity index (χ1n) is 9.04. The molecule has 0 aliphatic carbocycles. The smallest absolute Gasteiger partial charge is 0.254 e. The second-order valence-electron chi connectivity index (χ2n) is 7.39. The van der Waals surface area contributed by atoms with Crippen LogP contribution in [-0.2, 0) is 10.0 Å². The number of fused-ring (bicyclic) bond motifs is 2. The number of amides is 1. The fraction of sp³-hybridized carbons (Fsp3) is 0.350. The van der Waals surface area contributed by atoms with Gasteiger partial charge >= 0.3 is 0 Å². The first-order chi connectivity index (χ1) is 12.8. The molecule has 2 saturated heterocycles. The second kappa shape index (κ2) is 6.73. The van der Waals surface area contributed by atoms with Crippen molar-refractivity contribution in [2.24, 2.45) is 5.14 Å². The molecular weight excluding hydrogens is 367 g/mol. The van der Waals surface area contributed by atoms with E-state index in [9.17, 15) is 17.6 Å². The molecule has 1 amide bonds. The van der Waals surface area contributed by atoms with Gasteiger partial charge in [0.05, 0.1) is 4.90 Å². The Morgan fingerprint density at radius 1 is 0.963 bits per heavy atom. The van der Waals surface area contributed by atoms with E-state index >= 15 is 0 Å². The maximum absolute atomic E-state index is 13.2. The Morgan fingerprint density at radius 3 is 2.04 bits per heavy atom. The third-order valence-electron chi connectivity index (χ3n) is 5.74. The Labute approximate surface area is 158 Å². The highest BCUT2D eigenvalue weighted by Crippen LogP contribution is 2.43. The fourth-order valence-corrected chi connectivity index (χ4v) is 4.97. The molecule has 2 aliphatic rings. The van der Waals surface area contributed by atoms with Crippen molar-refractivity contribution < 1.29 is 17.6 Å². The molecule has 2 aromatic rings. The molecule has 2 heterocycles. The van der Waals surface area contributed by atoms with Gasteiger partial charge in [-0.05, 0) is 73.6 Å². The van der Waals surface area contributed by atoms with Gasteiger partial charge in [-0.3, -0.25) is 4.79 Å². The summed E-state index contributed by atoms with van der Waals surface area (Å²) in [7, 11) is -3.77. The van der Waals surface area contributed by atoms with Crippen molar-refractivity contribution in [3.63, 3.8) is 0 Å². The van der Waals surface area contributed by atoms with Gasteiger partial charge in [0.1, 0.15) is 5.82 Å². The molecule has 2 fully saturated rings. The lowest BCUT2D eigenvalue weighted by Crippen LogP contribution is -2.46. The van der Waals surface area contributed by atoms with Crippen molar-refractivity contribution in [1.29, 1.82) is 0 Å². The third kappa shape index (κ3) is 3.49. The number of sulfonamides is 1. The molecule has 27 heavy (non-hydrogen) atoms. The van der Waals surface area contributed by atoms with Crippen molar-refractivity contribution >= 4 is 15.9 Å². The number of nitrogens with zero attached hydrogens (tertiary/aromatic N) is 1. The summed E-state index contributed by atoms with van der Waals surface area (Å²) in [5.41, 5.74) is 1.59. The zero-order valence-electron chi connectivity index (χ0n) is 14.7. The Kier molecular flexibility index (Phi) is 4.52. The van der Waals surface area contributed by atoms with E-state index in [4.69, 9.17) is 5.14 Å². The van der Waals surface area contributed by atoms with Gasteiger partial charge in [0, 0.05) is 17.6 Å². The van der Waals surface area contributed by atoms with E-state index in [1.165, 1.54) is 36.4 Å². The largest absolute Gasteiger partial charge is 0.333 e. The first-order valence-corrected chi connectivity index (χ1v) is 10.6. The summed E-state index contributed by atoms with van der Waals surface area (Å²) in [4.78, 5) is 15.0. The van der Waals surface area contributed by atoms with Crippen LogP contribution in [0.4, 0.5) is 4.39 Å². The van der Waals surface area contributed by atoms with Crippen LogP contribution >= 0.6 is 0 Å². The van der Waals surface area contributed by atoms with Crippen LogP contribution in [0.3, 0.4) is 0 Å². The summed E-state index contributed by atoms with van der Waals surface area (Å²) in [5.74, 6) is 0.0233. The van der Waals surface area contributed by atoms with Gasteiger partial charge in [-0.15, -0.1) is 0 Å². The maximum Gasteiger partial charge on any atom is 0.254 e. The quantitative estimate of drug-likeness (QED) is 0.878. The van der Waals surface area contributed by atoms with Crippen LogP contribution in [0.25, 0.3) is 0 Å². The number of primary sulfonamides is 1. The summed E-state index contributed by atoms with van der Waals surface area (Å²) in [6, 6.07) is 12.7. The van der Waals surface area contributed by atoms with Crippen LogP contribution in [0.5, 0.6) is 0 Å². The minimum atomic E-state index is -3.77. The molecule has 0 radical (unpaired) electrons. The van der Waals surface area contributed by atoms with Crippen molar-refractivity contribution in [2.45, 2.75) is 48.6 Å². The predicted octanol–water partition coefficient (Wildman–Crippen LogP) is 3.02. The number of rotatable bonds is 3. The number of piperidine rings is 1. The van der Waals surface area contributed by atoms with Gasteiger partial charge in [0.15, 0.2) is 0 Å². The van der Waals surface area contributed by atoms with Crippen LogP contribution in [0.2, 0.25) is 0 Å². The molecule has 7 heteroatoms. The van der Waals surface area contributed by atoms with Gasteiger partial charge in [0.25, 0.3) is 5.91 Å². The van der Waals surface area contributed by atoms with Gasteiger partial charge in [0.2, 0.25) is 10.0 Å². The average Bonchev–Trinajstić information content (AvgIpc) is 2.90. The van der Waals surface area contributed by atoms with E-state index in [1.807, 2.05) is 17.0 Å². The van der Waals surface area contributed by atoms with Crippen LogP contribution in [0, 0.1) is 5.82 Å². The third-order valence-corrected chi connectivity index (χ3v) is 6.67. The first kappa shape index (κ1) is 18.1. The van der Waals surface area contributed by atoms with Crippen molar-refractivity contribution in [3.05, 3.63) is 65.5 Å². The number of nitrogens with two attached hydrogens (primary N) is 1. The second-order valence-corrected chi connectivity index (χ2v) is 8.95. The zero-order valence-corrected chi connectivity index (χ0v) is 15.5. The highest BCUT2D eigenvalue weighted by Gasteiger charge is 2.43. The monoisotopic (exact) mass is 388 g/mol. The molecule has 2 aromatic carbocycles. The van der Waals surface area contributed by atoms with E-state index in [0.29, 0.717) is 11.5 Å². The Hall–Kier alpha value is -2.25. The van der Waals surface area contributed by atoms with Gasteiger partial charge in [-0.25, -0.2) is 17.9 Å². The number of hydrogen-bond acceptors (Lipinski definition) is 3. The van der Waals surface area contributed by atoms with E-state index in [-0.39, 0.29) is 28.7 Å². The molecule has 142 valence electrons. The average molecular weight is 388 g/mol. The Morgan fingerprint density at radius 2 is 1.52 bits per heavy atom. The van der Waals surface area contributed by atoms with Crippen LogP contribution in [-0.4, -0.2) is 31.3 Å². The standard InChI is InChI=1S/C20H21FN2O3S/c21-16-5-1-13(2-6-16)15-11-17-7-8-18(12-15)23(17)20(24)14-3-9-19(10-4-14)27(22,25)26/h1-6,9-10,15,17-18H,7-8,11-12H2,(H2,22,25,26)/t15-,17+,18-. The molecule has 0 spiro atoms. The molecule has 2 bridgehead atoms. The highest BCUT2D eigenvalue weighted by atomic mass is 32.2. The number of halogens is 1. The molecule has 2 aliphatic heterocycles. The van der Waals surface area contributed by atoms with E-state index in [1.54, 1.807) is 0 Å². The highest BCUT2D eigenvalue weighted by molar-refractivity contribution is 7.89. The summed E-state index contributed by atoms with van der Waals surface area (Å²) in [6.45, 7) is 0. The lowest BCUT2D eigenvalue weighted by Gasteiger charge is -2.39. The lowest BCUT2D eigenvalue weighted by atomic mass is 9.85. The maximum atomic E-state index is 13.2. The van der Waals surface area contributed by atoms with Crippen molar-refractivity contribution in [3.8, 4) is 0 Å².